The molecule has 1 aromatic heterocycles. The summed E-state index contributed by atoms with van der Waals surface area (Å²) in [6.07, 6.45) is 0. The van der Waals surface area contributed by atoms with E-state index in [0.29, 0.717) is 5.95 Å². The molecule has 0 bridgehead atoms. The van der Waals surface area contributed by atoms with Crippen molar-refractivity contribution in [1.82, 2.24) is 9.97 Å². The van der Waals surface area contributed by atoms with Gasteiger partial charge in [0.15, 0.2) is 0 Å². The summed E-state index contributed by atoms with van der Waals surface area (Å²) in [5.41, 5.74) is 1.78. The van der Waals surface area contributed by atoms with Crippen LogP contribution in [-0.4, -0.2) is 29.6 Å². The van der Waals surface area contributed by atoms with Crippen LogP contribution in [0.3, 0.4) is 0 Å². The van der Waals surface area contributed by atoms with Gasteiger partial charge < -0.3 is 15.0 Å². The van der Waals surface area contributed by atoms with Crippen LogP contribution in [-0.2, 0) is 9.53 Å². The van der Waals surface area contributed by atoms with Gasteiger partial charge in [0.1, 0.15) is 6.54 Å². The van der Waals surface area contributed by atoms with Crippen molar-refractivity contribution in [3.8, 4) is 0 Å². The highest BCUT2D eigenvalue weighted by atomic mass is 32.2. The molecule has 2 aromatic carbocycles. The zero-order valence-corrected chi connectivity index (χ0v) is 12.8. The van der Waals surface area contributed by atoms with Crippen molar-refractivity contribution < 1.29 is 9.53 Å². The Morgan fingerprint density at radius 3 is 2.82 bits per heavy atom. The van der Waals surface area contributed by atoms with Crippen LogP contribution in [0.15, 0.2) is 58.3 Å². The second-order valence-electron chi connectivity index (χ2n) is 4.61. The number of anilines is 1. The van der Waals surface area contributed by atoms with E-state index in [2.05, 4.69) is 32.2 Å². The van der Waals surface area contributed by atoms with Gasteiger partial charge in [0.05, 0.1) is 18.1 Å². The summed E-state index contributed by atoms with van der Waals surface area (Å²) in [5.74, 6) is 0.225. The lowest BCUT2D eigenvalue weighted by Gasteiger charge is -2.01. The first kappa shape index (κ1) is 14.5. The minimum Gasteiger partial charge on any atom is -0.468 e. The monoisotopic (exact) mass is 313 g/mol. The van der Waals surface area contributed by atoms with Crippen molar-refractivity contribution >= 4 is 34.7 Å². The van der Waals surface area contributed by atoms with Crippen molar-refractivity contribution in [2.24, 2.45) is 0 Å². The van der Waals surface area contributed by atoms with Crippen molar-refractivity contribution in [1.29, 1.82) is 0 Å². The van der Waals surface area contributed by atoms with Gasteiger partial charge >= 0.3 is 5.97 Å². The van der Waals surface area contributed by atoms with Crippen molar-refractivity contribution in [3.05, 3.63) is 48.5 Å². The highest BCUT2D eigenvalue weighted by Gasteiger charge is 2.06. The van der Waals surface area contributed by atoms with E-state index >= 15 is 0 Å². The van der Waals surface area contributed by atoms with Gasteiger partial charge in [-0.1, -0.05) is 30.0 Å². The van der Waals surface area contributed by atoms with Crippen LogP contribution in [0.25, 0.3) is 11.0 Å². The first-order chi connectivity index (χ1) is 10.7. The number of fused-ring (bicyclic) bond motifs is 1. The molecule has 0 saturated carbocycles. The molecule has 1 heterocycles. The van der Waals surface area contributed by atoms with Gasteiger partial charge in [-0.05, 0) is 30.3 Å². The molecule has 0 spiro atoms. The average Bonchev–Trinajstić information content (AvgIpc) is 2.95. The maximum Gasteiger partial charge on any atom is 0.325 e. The van der Waals surface area contributed by atoms with E-state index in [4.69, 9.17) is 0 Å². The molecule has 22 heavy (non-hydrogen) atoms. The van der Waals surface area contributed by atoms with E-state index in [1.165, 1.54) is 12.0 Å². The highest BCUT2D eigenvalue weighted by molar-refractivity contribution is 7.99. The first-order valence-corrected chi connectivity index (χ1v) is 7.59. The molecule has 0 aliphatic carbocycles. The summed E-state index contributed by atoms with van der Waals surface area (Å²) in [4.78, 5) is 21.0. The minimum absolute atomic E-state index is 0.0853. The maximum atomic E-state index is 11.1. The van der Waals surface area contributed by atoms with Gasteiger partial charge in [-0.15, -0.1) is 0 Å². The van der Waals surface area contributed by atoms with Gasteiger partial charge in [-0.25, -0.2) is 4.98 Å². The lowest BCUT2D eigenvalue weighted by atomic mass is 10.3. The number of imidazole rings is 1. The molecule has 6 heteroatoms. The number of carbonyl (C=O) groups is 1. The lowest BCUT2D eigenvalue weighted by molar-refractivity contribution is -0.138. The van der Waals surface area contributed by atoms with Gasteiger partial charge in [0, 0.05) is 9.79 Å². The third-order valence-corrected chi connectivity index (χ3v) is 4.06. The largest absolute Gasteiger partial charge is 0.468 e. The number of nitrogens with zero attached hydrogens (tertiary/aromatic N) is 1. The molecule has 3 rings (SSSR count). The van der Waals surface area contributed by atoms with Gasteiger partial charge in [0.2, 0.25) is 5.95 Å². The molecule has 0 fully saturated rings. The van der Waals surface area contributed by atoms with Crippen LogP contribution in [0.1, 0.15) is 0 Å². The number of aromatic nitrogens is 2. The number of hydrogen-bond donors (Lipinski definition) is 2. The fourth-order valence-corrected chi connectivity index (χ4v) is 2.87. The number of methoxy groups -OCH3 is 1. The van der Waals surface area contributed by atoms with Gasteiger partial charge in [-0.2, -0.15) is 0 Å². The van der Waals surface area contributed by atoms with E-state index in [-0.39, 0.29) is 12.5 Å². The van der Waals surface area contributed by atoms with Crippen LogP contribution in [0, 0.1) is 0 Å². The Morgan fingerprint density at radius 2 is 2.05 bits per heavy atom. The minimum atomic E-state index is -0.333. The molecular formula is C16H15N3O2S. The summed E-state index contributed by atoms with van der Waals surface area (Å²) in [6.45, 7) is 0.0853. The SMILES string of the molecule is COC(=O)CNc1nc2ccc(Sc3ccccc3)cc2[nH]1. The molecule has 0 atom stereocenters. The Labute approximate surface area is 132 Å². The molecule has 5 nitrogen and oxygen atoms in total. The summed E-state index contributed by atoms with van der Waals surface area (Å²) < 4.78 is 4.59. The zero-order valence-electron chi connectivity index (χ0n) is 12.0. The number of esters is 1. The molecule has 0 aliphatic rings. The highest BCUT2D eigenvalue weighted by Crippen LogP contribution is 2.29. The maximum absolute atomic E-state index is 11.1. The van der Waals surface area contributed by atoms with Crippen molar-refractivity contribution in [2.75, 3.05) is 19.0 Å². The number of H-pyrrole nitrogens is 1. The summed E-state index contributed by atoms with van der Waals surface area (Å²) >= 11 is 1.69. The first-order valence-electron chi connectivity index (χ1n) is 6.78. The van der Waals surface area contributed by atoms with E-state index in [1.54, 1.807) is 11.8 Å². The number of nitrogens with one attached hydrogen (secondary N) is 2. The average molecular weight is 313 g/mol. The van der Waals surface area contributed by atoms with Crippen LogP contribution >= 0.6 is 11.8 Å². The van der Waals surface area contributed by atoms with E-state index < -0.39 is 0 Å². The predicted molar refractivity (Wildman–Crippen MR) is 87.2 cm³/mol. The third-order valence-electron chi connectivity index (χ3n) is 3.06. The van der Waals surface area contributed by atoms with E-state index in [1.807, 2.05) is 36.4 Å². The molecular weight excluding hydrogens is 298 g/mol. The second-order valence-corrected chi connectivity index (χ2v) is 5.76. The Hall–Kier alpha value is -2.47. The molecule has 0 aliphatic heterocycles. The van der Waals surface area contributed by atoms with Crippen LogP contribution in [0.4, 0.5) is 5.95 Å². The van der Waals surface area contributed by atoms with Crippen molar-refractivity contribution in [3.63, 3.8) is 0 Å². The molecule has 2 N–H and O–H groups in total. The van der Waals surface area contributed by atoms with Gasteiger partial charge in [0.25, 0.3) is 0 Å². The number of ether oxygens (including phenoxy) is 1. The molecule has 3 aromatic rings. The Kier molecular flexibility index (Phi) is 4.29. The normalized spacial score (nSPS) is 10.6. The number of hydrogen-bond acceptors (Lipinski definition) is 5. The Balaban J connectivity index is 1.76. The van der Waals surface area contributed by atoms with E-state index in [9.17, 15) is 4.79 Å². The second kappa shape index (κ2) is 6.53. The summed E-state index contributed by atoms with van der Waals surface area (Å²) in [7, 11) is 1.36. The number of rotatable bonds is 5. The number of aromatic amines is 1. The predicted octanol–water partition coefficient (Wildman–Crippen LogP) is 3.30. The Bertz CT molecular complexity index is 786. The molecule has 0 saturated heterocycles. The quantitative estimate of drug-likeness (QED) is 0.707. The summed E-state index contributed by atoms with van der Waals surface area (Å²) in [6, 6.07) is 16.2. The molecule has 0 amide bonds. The lowest BCUT2D eigenvalue weighted by Crippen LogP contribution is -2.15. The topological polar surface area (TPSA) is 67.0 Å². The van der Waals surface area contributed by atoms with Crippen LogP contribution < -0.4 is 5.32 Å². The standard InChI is InChI=1S/C16H15N3O2S/c1-21-15(20)10-17-16-18-13-8-7-12(9-14(13)19-16)22-11-5-3-2-4-6-11/h2-9H,10H2,1H3,(H2,17,18,19). The Morgan fingerprint density at radius 1 is 1.23 bits per heavy atom. The summed E-state index contributed by atoms with van der Waals surface area (Å²) in [5, 5.41) is 2.91. The van der Waals surface area contributed by atoms with Gasteiger partial charge in [-0.3, -0.25) is 4.79 Å². The van der Waals surface area contributed by atoms with Crippen molar-refractivity contribution in [2.45, 2.75) is 9.79 Å². The molecule has 0 radical (unpaired) electrons. The molecule has 112 valence electrons. The third kappa shape index (κ3) is 3.40. The zero-order chi connectivity index (χ0) is 15.4. The fourth-order valence-electron chi connectivity index (χ4n) is 1.99. The smallest absolute Gasteiger partial charge is 0.325 e. The van der Waals surface area contributed by atoms with E-state index in [0.717, 1.165) is 15.9 Å². The van der Waals surface area contributed by atoms with Crippen LogP contribution in [0.5, 0.6) is 0 Å². The number of benzene rings is 2. The van der Waals surface area contributed by atoms with Crippen LogP contribution in [0.2, 0.25) is 0 Å². The molecule has 0 unspecified atom stereocenters. The fraction of sp³-hybridized carbons (Fsp3) is 0.125. The number of carbonyl (C=O) groups excluding carboxylic acids is 1.